The first-order chi connectivity index (χ1) is 23.3. The molecule has 0 saturated carbocycles. The van der Waals surface area contributed by atoms with Crippen LogP contribution in [0.3, 0.4) is 0 Å². The van der Waals surface area contributed by atoms with Gasteiger partial charge in [-0.2, -0.15) is 11.0 Å². The number of hydrogen-bond acceptors (Lipinski definition) is 13. The average Bonchev–Trinajstić information content (AvgIpc) is 3.04. The topological polar surface area (TPSA) is 296 Å². The van der Waals surface area contributed by atoms with Crippen LogP contribution in [0.4, 0.5) is 0 Å². The summed E-state index contributed by atoms with van der Waals surface area (Å²) in [6.07, 6.45) is -0.284. The van der Waals surface area contributed by atoms with Crippen LogP contribution in [0.15, 0.2) is 30.3 Å². The maximum Gasteiger partial charge on any atom is 0.332 e. The molecule has 0 aliphatic heterocycles. The lowest BCUT2D eigenvalue weighted by molar-refractivity contribution is -0.155. The van der Waals surface area contributed by atoms with E-state index in [4.69, 9.17) is 26.9 Å². The first kappa shape index (κ1) is 42.7. The Labute approximate surface area is 284 Å². The zero-order chi connectivity index (χ0) is 36.8. The number of carbonyl (C=O) groups is 7. The van der Waals surface area contributed by atoms with Gasteiger partial charge in [-0.15, -0.1) is 0 Å². The fourth-order valence-corrected chi connectivity index (χ4v) is 4.32. The fourth-order valence-electron chi connectivity index (χ4n) is 4.32. The fraction of sp³-hybridized carbons (Fsp3) is 0.581. The number of aliphatic carboxylic acids is 1. The minimum atomic E-state index is -1.95. The van der Waals surface area contributed by atoms with Gasteiger partial charge in [0.1, 0.15) is 18.6 Å². The molecule has 0 spiro atoms. The van der Waals surface area contributed by atoms with Crippen LogP contribution in [0.25, 0.3) is 0 Å². The molecule has 18 heteroatoms. The van der Waals surface area contributed by atoms with Crippen LogP contribution in [0.2, 0.25) is 0 Å². The number of benzene rings is 1. The third kappa shape index (κ3) is 18.1. The maximum atomic E-state index is 13.4. The van der Waals surface area contributed by atoms with Crippen LogP contribution in [-0.4, -0.2) is 90.4 Å². The second-order valence-electron chi connectivity index (χ2n) is 11.7. The Kier molecular flexibility index (Phi) is 20.8. The van der Waals surface area contributed by atoms with Crippen molar-refractivity contribution in [1.82, 2.24) is 26.9 Å². The molecule has 0 saturated heterocycles. The first-order valence-electron chi connectivity index (χ1n) is 15.9. The largest absolute Gasteiger partial charge is 0.480 e. The maximum absolute atomic E-state index is 13.4. The lowest BCUT2D eigenvalue weighted by atomic mass is 10.0. The molecule has 0 heterocycles. The summed E-state index contributed by atoms with van der Waals surface area (Å²) in [5, 5.41) is 17.1. The molecule has 12 N–H and O–H groups in total. The van der Waals surface area contributed by atoms with Crippen molar-refractivity contribution in [1.29, 1.82) is 0 Å². The Bertz CT molecular complexity index is 1210. The van der Waals surface area contributed by atoms with Crippen molar-refractivity contribution in [2.24, 2.45) is 23.1 Å². The lowest BCUT2D eigenvalue weighted by Crippen LogP contribution is -2.56. The van der Waals surface area contributed by atoms with E-state index in [-0.39, 0.29) is 38.0 Å². The number of primary amides is 1. The number of hydrogen-bond donors (Lipinski definition) is 9. The number of carboxylic acid groups (broad SMARTS) is 1. The van der Waals surface area contributed by atoms with Crippen LogP contribution in [0, 0.1) is 5.92 Å². The van der Waals surface area contributed by atoms with Gasteiger partial charge in [0, 0.05) is 6.42 Å². The highest BCUT2D eigenvalue weighted by atomic mass is 16.7. The second-order valence-corrected chi connectivity index (χ2v) is 11.7. The number of amides is 4. The number of unbranched alkanes of at least 4 members (excludes halogenated alkanes) is 1. The predicted molar refractivity (Wildman–Crippen MR) is 175 cm³/mol. The zero-order valence-electron chi connectivity index (χ0n) is 27.8. The molecular formula is C31H50N8O10. The quantitative estimate of drug-likeness (QED) is 0.0159. The SMILES string of the molecule is CC(C)C[C@@H](NO[C@@H](CC(N)=O)NC(=O)[C@H](N)CCC=O)C(=O)N[C@H](CCCCN)ON[C@H](C(=O)O)C(=O)N[C@@H](C=O)Cc1ccccc1. The van der Waals surface area contributed by atoms with Gasteiger partial charge < -0.3 is 47.8 Å². The minimum Gasteiger partial charge on any atom is -0.480 e. The van der Waals surface area contributed by atoms with Gasteiger partial charge in [-0.25, -0.2) is 4.79 Å². The molecule has 49 heavy (non-hydrogen) atoms. The standard InChI is InChI=1S/C31H50N8O10/c1-19(2)15-23(38-49-26(17-24(34)42)37-28(43)22(33)11-8-14-40)29(44)36-25(12-6-7-13-32)48-39-27(31(46)47)30(45)35-21(18-41)16-20-9-4-3-5-10-20/h3-5,9-10,14,18-19,21-23,25-27,38-39H,6-8,11-13,15-17,32-33H2,1-2H3,(H2,34,42)(H,35,45)(H,36,44)(H,37,43)(H,46,47)/t21-,22-,23-,25+,26+,27+/m1/s1. The van der Waals surface area contributed by atoms with E-state index in [1.807, 2.05) is 13.8 Å². The summed E-state index contributed by atoms with van der Waals surface area (Å²) in [6.45, 7) is 3.99. The molecule has 0 aliphatic rings. The summed E-state index contributed by atoms with van der Waals surface area (Å²) in [4.78, 5) is 95.6. The van der Waals surface area contributed by atoms with Crippen molar-refractivity contribution in [3.63, 3.8) is 0 Å². The molecule has 18 nitrogen and oxygen atoms in total. The van der Waals surface area contributed by atoms with Crippen LogP contribution in [0.1, 0.15) is 64.4 Å². The van der Waals surface area contributed by atoms with Crippen LogP contribution < -0.4 is 44.1 Å². The molecule has 4 amide bonds. The highest BCUT2D eigenvalue weighted by Gasteiger charge is 2.31. The van der Waals surface area contributed by atoms with Gasteiger partial charge in [-0.05, 0) is 56.6 Å². The molecule has 0 aromatic heterocycles. The van der Waals surface area contributed by atoms with Gasteiger partial charge in [0.15, 0.2) is 12.5 Å². The summed E-state index contributed by atoms with van der Waals surface area (Å²) in [5.41, 5.74) is 22.1. The smallest absolute Gasteiger partial charge is 0.332 e. The van der Waals surface area contributed by atoms with E-state index in [9.17, 15) is 38.7 Å². The van der Waals surface area contributed by atoms with Gasteiger partial charge in [0.25, 0.3) is 5.91 Å². The van der Waals surface area contributed by atoms with Gasteiger partial charge in [-0.3, -0.25) is 28.9 Å². The van der Waals surface area contributed by atoms with Gasteiger partial charge in [-0.1, -0.05) is 44.2 Å². The summed E-state index contributed by atoms with van der Waals surface area (Å²) < 4.78 is 0. The summed E-state index contributed by atoms with van der Waals surface area (Å²) in [5.74, 6) is -4.92. The van der Waals surface area contributed by atoms with Crippen molar-refractivity contribution in [3.05, 3.63) is 35.9 Å². The third-order valence-corrected chi connectivity index (χ3v) is 6.85. The van der Waals surface area contributed by atoms with E-state index < -0.39 is 72.6 Å². The Morgan fingerprint density at radius 3 is 2.10 bits per heavy atom. The highest BCUT2D eigenvalue weighted by Crippen LogP contribution is 2.09. The number of nitrogens with one attached hydrogen (secondary N) is 5. The van der Waals surface area contributed by atoms with Crippen molar-refractivity contribution in [2.75, 3.05) is 6.54 Å². The van der Waals surface area contributed by atoms with Crippen molar-refractivity contribution >= 4 is 42.2 Å². The molecule has 0 unspecified atom stereocenters. The molecule has 274 valence electrons. The highest BCUT2D eigenvalue weighted by molar-refractivity contribution is 6.01. The van der Waals surface area contributed by atoms with E-state index >= 15 is 0 Å². The average molecular weight is 695 g/mol. The summed E-state index contributed by atoms with van der Waals surface area (Å²) in [7, 11) is 0. The van der Waals surface area contributed by atoms with Crippen molar-refractivity contribution in [3.8, 4) is 0 Å². The van der Waals surface area contributed by atoms with Gasteiger partial charge in [0.2, 0.25) is 23.8 Å². The number of nitrogens with two attached hydrogens (primary N) is 3. The molecule has 0 radical (unpaired) electrons. The van der Waals surface area contributed by atoms with E-state index in [2.05, 4.69) is 26.9 Å². The van der Waals surface area contributed by atoms with E-state index in [1.54, 1.807) is 30.3 Å². The monoisotopic (exact) mass is 694 g/mol. The van der Waals surface area contributed by atoms with Gasteiger partial charge in [0.05, 0.1) is 18.5 Å². The van der Waals surface area contributed by atoms with Crippen molar-refractivity contribution < 1.29 is 48.3 Å². The molecular weight excluding hydrogens is 644 g/mol. The third-order valence-electron chi connectivity index (χ3n) is 6.85. The van der Waals surface area contributed by atoms with E-state index in [0.717, 1.165) is 5.56 Å². The van der Waals surface area contributed by atoms with Gasteiger partial charge >= 0.3 is 5.97 Å². The Morgan fingerprint density at radius 2 is 1.53 bits per heavy atom. The Balaban J connectivity index is 3.01. The molecule has 1 aromatic rings. The Hall–Kier alpha value is -4.33. The molecule has 1 rings (SSSR count). The lowest BCUT2D eigenvalue weighted by Gasteiger charge is -2.27. The number of aldehydes is 2. The van der Waals surface area contributed by atoms with E-state index in [0.29, 0.717) is 32.0 Å². The van der Waals surface area contributed by atoms with E-state index in [1.165, 1.54) is 0 Å². The molecule has 1 aromatic carbocycles. The van der Waals surface area contributed by atoms with Crippen LogP contribution in [0.5, 0.6) is 0 Å². The van der Waals surface area contributed by atoms with Crippen LogP contribution in [-0.2, 0) is 49.7 Å². The second kappa shape index (κ2) is 23.9. The number of rotatable bonds is 27. The minimum absolute atomic E-state index is 0.0413. The summed E-state index contributed by atoms with van der Waals surface area (Å²) >= 11 is 0. The Morgan fingerprint density at radius 1 is 0.878 bits per heavy atom. The number of carboxylic acids is 1. The van der Waals surface area contributed by atoms with Crippen LogP contribution >= 0.6 is 0 Å². The predicted octanol–water partition coefficient (Wildman–Crippen LogP) is -1.98. The normalized spacial score (nSPS) is 14.8. The molecule has 0 fully saturated rings. The first-order valence-corrected chi connectivity index (χ1v) is 15.9. The number of hydroxylamine groups is 2. The molecule has 0 aliphatic carbocycles. The zero-order valence-corrected chi connectivity index (χ0v) is 27.8. The van der Waals surface area contributed by atoms with Crippen molar-refractivity contribution in [2.45, 2.75) is 102 Å². The molecule has 6 atom stereocenters. The molecule has 0 bridgehead atoms. The number of carbonyl (C=O) groups excluding carboxylic acids is 6. The summed E-state index contributed by atoms with van der Waals surface area (Å²) in [6, 6.07) is 3.69.